The van der Waals surface area contributed by atoms with E-state index in [1.165, 1.54) is 4.31 Å². The lowest BCUT2D eigenvalue weighted by Gasteiger charge is -2.38. The van der Waals surface area contributed by atoms with Crippen LogP contribution in [0.2, 0.25) is 0 Å². The van der Waals surface area contributed by atoms with Crippen LogP contribution >= 0.6 is 0 Å². The van der Waals surface area contributed by atoms with Gasteiger partial charge in [0.1, 0.15) is 0 Å². The van der Waals surface area contributed by atoms with E-state index in [2.05, 4.69) is 0 Å². The minimum Gasteiger partial charge on any atom is -0.760 e. The van der Waals surface area contributed by atoms with E-state index in [0.29, 0.717) is 25.4 Å². The highest BCUT2D eigenvalue weighted by atomic mass is 32.2. The van der Waals surface area contributed by atoms with Crippen molar-refractivity contribution >= 4 is 11.3 Å². The topological polar surface area (TPSA) is 63.6 Å². The van der Waals surface area contributed by atoms with Gasteiger partial charge in [-0.05, 0) is 12.3 Å². The maximum atomic E-state index is 10.7. The van der Waals surface area contributed by atoms with Gasteiger partial charge in [0.2, 0.25) is 0 Å². The summed E-state index contributed by atoms with van der Waals surface area (Å²) in [5.74, 6) is 0.396. The molecule has 1 saturated heterocycles. The van der Waals surface area contributed by atoms with Crippen molar-refractivity contribution < 1.29 is 13.9 Å². The van der Waals surface area contributed by atoms with Gasteiger partial charge in [0.25, 0.3) is 0 Å². The molecule has 1 aliphatic rings. The van der Waals surface area contributed by atoms with Gasteiger partial charge in [-0.1, -0.05) is 13.8 Å². The van der Waals surface area contributed by atoms with E-state index in [-0.39, 0.29) is 12.0 Å². The number of piperidine rings is 1. The molecule has 1 aliphatic heterocycles. The summed E-state index contributed by atoms with van der Waals surface area (Å²) in [7, 11) is 0. The van der Waals surface area contributed by atoms with Gasteiger partial charge in [0.15, 0.2) is 0 Å². The third-order valence-corrected chi connectivity index (χ3v) is 3.40. The van der Waals surface area contributed by atoms with Crippen molar-refractivity contribution in [2.45, 2.75) is 26.4 Å². The Morgan fingerprint density at radius 1 is 1.62 bits per heavy atom. The molecule has 1 N–H and O–H groups in total. The van der Waals surface area contributed by atoms with Crippen LogP contribution in [0.1, 0.15) is 20.3 Å². The number of hydrogen-bond donors (Lipinski definition) is 1. The molecule has 4 nitrogen and oxygen atoms in total. The van der Waals surface area contributed by atoms with Crippen molar-refractivity contribution in [1.82, 2.24) is 4.31 Å². The zero-order chi connectivity index (χ0) is 10.0. The summed E-state index contributed by atoms with van der Waals surface area (Å²) in [5.41, 5.74) is 0. The largest absolute Gasteiger partial charge is 0.760 e. The summed E-state index contributed by atoms with van der Waals surface area (Å²) >= 11 is -2.13. The normalized spacial score (nSPS) is 33.6. The van der Waals surface area contributed by atoms with Gasteiger partial charge >= 0.3 is 0 Å². The first kappa shape index (κ1) is 11.1. The number of nitrogens with zero attached hydrogens (tertiary/aromatic N) is 1. The SMILES string of the molecule is CC(C)C1CN(S(=O)[O-])CCC1O. The fourth-order valence-corrected chi connectivity index (χ4v) is 2.28. The van der Waals surface area contributed by atoms with Crippen LogP contribution in [0.15, 0.2) is 0 Å². The van der Waals surface area contributed by atoms with Crippen LogP contribution in [0.4, 0.5) is 0 Å². The molecule has 1 heterocycles. The van der Waals surface area contributed by atoms with Crippen LogP contribution in [-0.2, 0) is 11.3 Å². The predicted octanol–water partition coefficient (Wildman–Crippen LogP) is 0.119. The standard InChI is InChI=1S/C8H17NO3S/c1-6(2)7-5-9(13(11)12)4-3-8(7)10/h6-8,10H,3-5H2,1-2H3,(H,11,12)/p-1. The third-order valence-electron chi connectivity index (χ3n) is 2.65. The van der Waals surface area contributed by atoms with E-state index in [1.54, 1.807) is 0 Å². The minimum absolute atomic E-state index is 0.0756. The Morgan fingerprint density at radius 2 is 2.23 bits per heavy atom. The zero-order valence-electron chi connectivity index (χ0n) is 7.97. The fraction of sp³-hybridized carbons (Fsp3) is 1.00. The van der Waals surface area contributed by atoms with Gasteiger partial charge in [-0.15, -0.1) is 0 Å². The van der Waals surface area contributed by atoms with Crippen LogP contribution in [-0.4, -0.2) is 37.4 Å². The third kappa shape index (κ3) is 2.74. The van der Waals surface area contributed by atoms with Crippen LogP contribution in [0.5, 0.6) is 0 Å². The molecule has 0 saturated carbocycles. The lowest BCUT2D eigenvalue weighted by molar-refractivity contribution is 0.0305. The average Bonchev–Trinajstić information content (AvgIpc) is 2.04. The quantitative estimate of drug-likeness (QED) is 0.653. The molecule has 0 aromatic carbocycles. The Balaban J connectivity index is 2.58. The first-order valence-electron chi connectivity index (χ1n) is 4.54. The molecule has 0 aromatic heterocycles. The van der Waals surface area contributed by atoms with Crippen molar-refractivity contribution in [3.8, 4) is 0 Å². The van der Waals surface area contributed by atoms with Crippen LogP contribution in [0.3, 0.4) is 0 Å². The predicted molar refractivity (Wildman–Crippen MR) is 49.4 cm³/mol. The Morgan fingerprint density at radius 3 is 2.69 bits per heavy atom. The van der Waals surface area contributed by atoms with E-state index in [0.717, 1.165) is 0 Å². The van der Waals surface area contributed by atoms with Crippen molar-refractivity contribution in [3.05, 3.63) is 0 Å². The smallest absolute Gasteiger partial charge is 0.0596 e. The Hall–Kier alpha value is 0.0300. The molecule has 3 atom stereocenters. The van der Waals surface area contributed by atoms with Crippen molar-refractivity contribution in [3.63, 3.8) is 0 Å². The zero-order valence-corrected chi connectivity index (χ0v) is 8.79. The monoisotopic (exact) mass is 206 g/mol. The molecule has 0 spiro atoms. The van der Waals surface area contributed by atoms with Gasteiger partial charge < -0.3 is 9.66 Å². The van der Waals surface area contributed by atoms with Gasteiger partial charge in [0.05, 0.1) is 6.10 Å². The van der Waals surface area contributed by atoms with Crippen LogP contribution in [0.25, 0.3) is 0 Å². The Kier molecular flexibility index (Phi) is 3.85. The molecule has 1 rings (SSSR count). The van der Waals surface area contributed by atoms with Crippen molar-refractivity contribution in [2.24, 2.45) is 11.8 Å². The molecule has 0 amide bonds. The van der Waals surface area contributed by atoms with Gasteiger partial charge in [-0.3, -0.25) is 4.21 Å². The molecular weight excluding hydrogens is 190 g/mol. The number of aliphatic hydroxyl groups excluding tert-OH is 1. The maximum Gasteiger partial charge on any atom is 0.0596 e. The molecule has 1 fully saturated rings. The lowest BCUT2D eigenvalue weighted by Crippen LogP contribution is -2.45. The van der Waals surface area contributed by atoms with Crippen LogP contribution in [0, 0.1) is 11.8 Å². The molecule has 3 unspecified atom stereocenters. The minimum atomic E-state index is -2.13. The molecule has 0 radical (unpaired) electrons. The van der Waals surface area contributed by atoms with Crippen molar-refractivity contribution in [2.75, 3.05) is 13.1 Å². The second-order valence-electron chi connectivity index (χ2n) is 3.87. The second-order valence-corrected chi connectivity index (χ2v) is 4.82. The van der Waals surface area contributed by atoms with Crippen molar-refractivity contribution in [1.29, 1.82) is 0 Å². The van der Waals surface area contributed by atoms with E-state index in [1.807, 2.05) is 13.8 Å². The summed E-state index contributed by atoms with van der Waals surface area (Å²) in [6.45, 7) is 4.91. The summed E-state index contributed by atoms with van der Waals surface area (Å²) in [4.78, 5) is 0. The Labute approximate surface area is 81.4 Å². The summed E-state index contributed by atoms with van der Waals surface area (Å²) in [6, 6.07) is 0. The molecule has 78 valence electrons. The van der Waals surface area contributed by atoms with Gasteiger partial charge in [-0.2, -0.15) is 0 Å². The highest BCUT2D eigenvalue weighted by Gasteiger charge is 2.30. The molecular formula is C8H16NO3S-. The lowest BCUT2D eigenvalue weighted by atomic mass is 9.86. The van der Waals surface area contributed by atoms with E-state index in [9.17, 15) is 13.9 Å². The summed E-state index contributed by atoms with van der Waals surface area (Å²) < 4.78 is 22.7. The Bertz CT molecular complexity index is 198. The van der Waals surface area contributed by atoms with E-state index < -0.39 is 11.3 Å². The average molecular weight is 206 g/mol. The molecule has 0 aromatic rings. The fourth-order valence-electron chi connectivity index (χ4n) is 1.73. The number of aliphatic hydroxyl groups is 1. The summed E-state index contributed by atoms with van der Waals surface area (Å²) in [6.07, 6.45) is 0.205. The van der Waals surface area contributed by atoms with Gasteiger partial charge in [-0.25, -0.2) is 4.31 Å². The van der Waals surface area contributed by atoms with Crippen LogP contribution < -0.4 is 0 Å². The highest BCUT2D eigenvalue weighted by molar-refractivity contribution is 7.76. The van der Waals surface area contributed by atoms with E-state index in [4.69, 9.17) is 0 Å². The van der Waals surface area contributed by atoms with E-state index >= 15 is 0 Å². The summed E-state index contributed by atoms with van der Waals surface area (Å²) in [5, 5.41) is 9.61. The molecule has 0 bridgehead atoms. The second kappa shape index (κ2) is 4.50. The molecule has 13 heavy (non-hydrogen) atoms. The molecule has 0 aliphatic carbocycles. The maximum absolute atomic E-state index is 10.7. The van der Waals surface area contributed by atoms with Gasteiger partial charge in [0, 0.05) is 30.3 Å². The highest BCUT2D eigenvalue weighted by Crippen LogP contribution is 2.24. The number of rotatable bonds is 2. The first-order valence-corrected chi connectivity index (χ1v) is 5.58. The molecule has 5 heteroatoms. The first-order chi connectivity index (χ1) is 6.02. The number of hydrogen-bond acceptors (Lipinski definition) is 3.